The van der Waals surface area contributed by atoms with Crippen molar-refractivity contribution in [3.8, 4) is 0 Å². The summed E-state index contributed by atoms with van der Waals surface area (Å²) < 4.78 is 13.2. The van der Waals surface area contributed by atoms with E-state index in [1.54, 1.807) is 0 Å². The minimum Gasteiger partial charge on any atom is -0.321 e. The van der Waals surface area contributed by atoms with Crippen LogP contribution in [0.5, 0.6) is 0 Å². The second-order valence-electron chi connectivity index (χ2n) is 3.63. The summed E-state index contributed by atoms with van der Waals surface area (Å²) >= 11 is 0. The maximum Gasteiger partial charge on any atom is 0.182 e. The van der Waals surface area contributed by atoms with Crippen molar-refractivity contribution < 1.29 is 9.18 Å². The van der Waals surface area contributed by atoms with Gasteiger partial charge in [0.15, 0.2) is 11.6 Å². The molecule has 0 aliphatic rings. The quantitative estimate of drug-likeness (QED) is 0.770. The van der Waals surface area contributed by atoms with E-state index in [-0.39, 0.29) is 17.3 Å². The Kier molecular flexibility index (Phi) is 3.91. The summed E-state index contributed by atoms with van der Waals surface area (Å²) in [6, 6.07) is 0.715. The fraction of sp³-hybridized carbons (Fsp3) is 0.455. The van der Waals surface area contributed by atoms with Crippen LogP contribution in [-0.4, -0.2) is 16.8 Å². The van der Waals surface area contributed by atoms with Crippen LogP contribution >= 0.6 is 0 Å². The van der Waals surface area contributed by atoms with E-state index in [1.807, 2.05) is 13.8 Å². The molecule has 1 heterocycles. The van der Waals surface area contributed by atoms with Gasteiger partial charge in [0.05, 0.1) is 17.8 Å². The highest BCUT2D eigenvalue weighted by Gasteiger charge is 2.23. The Morgan fingerprint density at radius 2 is 2.33 bits per heavy atom. The first-order valence-corrected chi connectivity index (χ1v) is 4.97. The maximum atomic E-state index is 13.2. The van der Waals surface area contributed by atoms with Crippen LogP contribution in [0.3, 0.4) is 0 Å². The minimum atomic E-state index is -0.646. The minimum absolute atomic E-state index is 0.0257. The molecule has 0 aliphatic carbocycles. The third-order valence-corrected chi connectivity index (χ3v) is 2.60. The van der Waals surface area contributed by atoms with Crippen LogP contribution in [0.15, 0.2) is 18.5 Å². The van der Waals surface area contributed by atoms with Crippen LogP contribution in [0.4, 0.5) is 4.39 Å². The van der Waals surface area contributed by atoms with Gasteiger partial charge in [-0.05, 0) is 12.0 Å². The van der Waals surface area contributed by atoms with E-state index in [4.69, 9.17) is 5.73 Å². The Hall–Kier alpha value is -1.29. The molecular weight excluding hydrogens is 195 g/mol. The topological polar surface area (TPSA) is 56.0 Å². The lowest BCUT2D eigenvalue weighted by Crippen LogP contribution is -2.37. The first-order valence-electron chi connectivity index (χ1n) is 4.97. The van der Waals surface area contributed by atoms with Gasteiger partial charge in [0.2, 0.25) is 0 Å². The molecule has 3 nitrogen and oxygen atoms in total. The summed E-state index contributed by atoms with van der Waals surface area (Å²) in [5.74, 6) is -0.921. The summed E-state index contributed by atoms with van der Waals surface area (Å²) in [6.07, 6.45) is 3.20. The molecule has 0 radical (unpaired) electrons. The molecule has 15 heavy (non-hydrogen) atoms. The molecule has 0 fully saturated rings. The van der Waals surface area contributed by atoms with Crippen LogP contribution in [0.2, 0.25) is 0 Å². The van der Waals surface area contributed by atoms with Crippen molar-refractivity contribution in [1.82, 2.24) is 4.98 Å². The molecule has 2 atom stereocenters. The zero-order valence-corrected chi connectivity index (χ0v) is 8.90. The lowest BCUT2D eigenvalue weighted by molar-refractivity contribution is 0.0930. The molecule has 4 heteroatoms. The average molecular weight is 210 g/mol. The number of hydrogen-bond acceptors (Lipinski definition) is 3. The summed E-state index contributed by atoms with van der Waals surface area (Å²) in [5.41, 5.74) is 5.76. The van der Waals surface area contributed by atoms with E-state index < -0.39 is 11.9 Å². The Morgan fingerprint density at radius 3 is 2.87 bits per heavy atom. The number of nitrogens with zero attached hydrogens (tertiary/aromatic N) is 1. The lowest BCUT2D eigenvalue weighted by atomic mass is 9.93. The van der Waals surface area contributed by atoms with Crippen LogP contribution in [-0.2, 0) is 0 Å². The fourth-order valence-electron chi connectivity index (χ4n) is 1.27. The first kappa shape index (κ1) is 11.8. The van der Waals surface area contributed by atoms with Gasteiger partial charge in [0.25, 0.3) is 0 Å². The highest BCUT2D eigenvalue weighted by atomic mass is 19.1. The van der Waals surface area contributed by atoms with Crippen molar-refractivity contribution in [3.05, 3.63) is 29.8 Å². The molecule has 0 saturated carbocycles. The molecule has 0 bridgehead atoms. The van der Waals surface area contributed by atoms with E-state index in [0.29, 0.717) is 0 Å². The standard InChI is InChI=1S/C11H15FN2O/c1-3-7(2)10(13)11(15)8-4-5-14-6-9(8)12/h4-7,10H,3,13H2,1-2H3. The van der Waals surface area contributed by atoms with Crippen LogP contribution in [0.25, 0.3) is 0 Å². The predicted octanol–water partition coefficient (Wildman–Crippen LogP) is 1.78. The Balaban J connectivity index is 2.90. The number of halogens is 1. The number of nitrogens with two attached hydrogens (primary N) is 1. The van der Waals surface area contributed by atoms with Gasteiger partial charge in [-0.15, -0.1) is 0 Å². The number of rotatable bonds is 4. The molecule has 0 aromatic carbocycles. The van der Waals surface area contributed by atoms with Crippen molar-refractivity contribution in [3.63, 3.8) is 0 Å². The van der Waals surface area contributed by atoms with Crippen molar-refractivity contribution in [2.45, 2.75) is 26.3 Å². The van der Waals surface area contributed by atoms with Gasteiger partial charge in [-0.1, -0.05) is 20.3 Å². The average Bonchev–Trinajstić information content (AvgIpc) is 2.26. The SMILES string of the molecule is CCC(C)C(N)C(=O)c1ccncc1F. The molecule has 2 N–H and O–H groups in total. The molecule has 1 rings (SSSR count). The van der Waals surface area contributed by atoms with E-state index in [0.717, 1.165) is 12.6 Å². The molecule has 0 spiro atoms. The van der Waals surface area contributed by atoms with Gasteiger partial charge in [-0.2, -0.15) is 0 Å². The zero-order chi connectivity index (χ0) is 11.4. The molecule has 0 amide bonds. The highest BCUT2D eigenvalue weighted by Crippen LogP contribution is 2.13. The van der Waals surface area contributed by atoms with Crippen LogP contribution in [0.1, 0.15) is 30.6 Å². The van der Waals surface area contributed by atoms with Crippen LogP contribution in [0, 0.1) is 11.7 Å². The van der Waals surface area contributed by atoms with Gasteiger partial charge in [-0.3, -0.25) is 9.78 Å². The zero-order valence-electron chi connectivity index (χ0n) is 8.90. The van der Waals surface area contributed by atoms with E-state index in [2.05, 4.69) is 4.98 Å². The summed E-state index contributed by atoms with van der Waals surface area (Å²) in [5, 5.41) is 0. The molecule has 1 aromatic heterocycles. The maximum absolute atomic E-state index is 13.2. The summed E-state index contributed by atoms with van der Waals surface area (Å²) in [4.78, 5) is 15.4. The normalized spacial score (nSPS) is 14.7. The van der Waals surface area contributed by atoms with E-state index in [1.165, 1.54) is 12.3 Å². The molecule has 1 aromatic rings. The van der Waals surface area contributed by atoms with Crippen molar-refractivity contribution in [2.75, 3.05) is 0 Å². The third kappa shape index (κ3) is 2.59. The summed E-state index contributed by atoms with van der Waals surface area (Å²) in [7, 11) is 0. The predicted molar refractivity (Wildman–Crippen MR) is 56.0 cm³/mol. The third-order valence-electron chi connectivity index (χ3n) is 2.60. The number of ketones is 1. The second kappa shape index (κ2) is 4.98. The number of Topliss-reactive ketones (excluding diaryl/α,β-unsaturated/α-hetero) is 1. The molecule has 2 unspecified atom stereocenters. The smallest absolute Gasteiger partial charge is 0.182 e. The van der Waals surface area contributed by atoms with Gasteiger partial charge in [-0.25, -0.2) is 4.39 Å². The molecule has 0 saturated heterocycles. The van der Waals surface area contributed by atoms with E-state index >= 15 is 0 Å². The molecule has 0 aliphatic heterocycles. The van der Waals surface area contributed by atoms with E-state index in [9.17, 15) is 9.18 Å². The van der Waals surface area contributed by atoms with Crippen molar-refractivity contribution in [1.29, 1.82) is 0 Å². The second-order valence-corrected chi connectivity index (χ2v) is 3.63. The number of hydrogen-bond donors (Lipinski definition) is 1. The highest BCUT2D eigenvalue weighted by molar-refractivity contribution is 6.00. The largest absolute Gasteiger partial charge is 0.321 e. The van der Waals surface area contributed by atoms with Crippen LogP contribution < -0.4 is 5.73 Å². The number of pyridine rings is 1. The number of carbonyl (C=O) groups is 1. The molecular formula is C11H15FN2O. The monoisotopic (exact) mass is 210 g/mol. The van der Waals surface area contributed by atoms with Crippen molar-refractivity contribution >= 4 is 5.78 Å². The number of aromatic nitrogens is 1. The lowest BCUT2D eigenvalue weighted by Gasteiger charge is -2.16. The van der Waals surface area contributed by atoms with Gasteiger partial charge < -0.3 is 5.73 Å². The Bertz CT molecular complexity index is 354. The fourth-order valence-corrected chi connectivity index (χ4v) is 1.27. The molecule has 82 valence electrons. The summed E-state index contributed by atoms with van der Waals surface area (Å²) in [6.45, 7) is 3.82. The van der Waals surface area contributed by atoms with Crippen molar-refractivity contribution in [2.24, 2.45) is 11.7 Å². The Morgan fingerprint density at radius 1 is 1.67 bits per heavy atom. The number of carbonyl (C=O) groups excluding carboxylic acids is 1. The Labute approximate surface area is 88.5 Å². The first-order chi connectivity index (χ1) is 7.07. The van der Waals surface area contributed by atoms with Gasteiger partial charge in [0.1, 0.15) is 0 Å². The van der Waals surface area contributed by atoms with Gasteiger partial charge >= 0.3 is 0 Å². The van der Waals surface area contributed by atoms with Gasteiger partial charge in [0, 0.05) is 6.20 Å².